The Morgan fingerprint density at radius 2 is 1.97 bits per heavy atom. The first-order chi connectivity index (χ1) is 14.8. The van der Waals surface area contributed by atoms with E-state index in [-0.39, 0.29) is 17.3 Å². The van der Waals surface area contributed by atoms with Crippen molar-refractivity contribution in [1.82, 2.24) is 19.2 Å². The number of aromatic nitrogens is 2. The van der Waals surface area contributed by atoms with Gasteiger partial charge in [-0.05, 0) is 50.6 Å². The molecule has 0 atom stereocenters. The van der Waals surface area contributed by atoms with E-state index in [1.807, 2.05) is 41.0 Å². The first kappa shape index (κ1) is 22.2. The van der Waals surface area contributed by atoms with Crippen molar-refractivity contribution >= 4 is 38.6 Å². The topological polar surface area (TPSA) is 84.3 Å². The lowest BCUT2D eigenvalue weighted by Gasteiger charge is -2.26. The molecule has 1 saturated heterocycles. The van der Waals surface area contributed by atoms with Crippen molar-refractivity contribution in [3.05, 3.63) is 44.7 Å². The molecule has 1 aliphatic heterocycles. The van der Waals surface area contributed by atoms with E-state index in [0.717, 1.165) is 37.2 Å². The second-order valence-electron chi connectivity index (χ2n) is 7.73. The molecule has 0 bridgehead atoms. The van der Waals surface area contributed by atoms with Crippen molar-refractivity contribution in [3.63, 3.8) is 0 Å². The molecular weight excluding hydrogens is 452 g/mol. The largest absolute Gasteiger partial charge is 0.345 e. The van der Waals surface area contributed by atoms with Crippen molar-refractivity contribution in [3.8, 4) is 10.7 Å². The molecule has 4 heterocycles. The fraction of sp³-hybridized carbons (Fsp3) is 0.429. The van der Waals surface area contributed by atoms with Crippen molar-refractivity contribution in [2.75, 3.05) is 13.1 Å². The third-order valence-corrected chi connectivity index (χ3v) is 9.21. The number of carbonyl (C=O) groups is 1. The molecule has 0 radical (unpaired) electrons. The van der Waals surface area contributed by atoms with Crippen LogP contribution in [0.4, 0.5) is 0 Å². The van der Waals surface area contributed by atoms with Crippen molar-refractivity contribution in [1.29, 1.82) is 0 Å². The summed E-state index contributed by atoms with van der Waals surface area (Å²) in [5, 5.41) is 2.58. The molecule has 0 saturated carbocycles. The number of amides is 1. The zero-order valence-corrected chi connectivity index (χ0v) is 20.3. The lowest BCUT2D eigenvalue weighted by Crippen LogP contribution is -2.35. The lowest BCUT2D eigenvalue weighted by atomic mass is 10.1. The van der Waals surface area contributed by atoms with E-state index in [9.17, 15) is 13.2 Å². The van der Waals surface area contributed by atoms with Crippen LogP contribution in [0, 0.1) is 13.8 Å². The average Bonchev–Trinajstić information content (AvgIpc) is 3.48. The van der Waals surface area contributed by atoms with Gasteiger partial charge in [-0.25, -0.2) is 18.1 Å². The molecule has 1 N–H and O–H groups in total. The number of rotatable bonds is 6. The minimum Gasteiger partial charge on any atom is -0.345 e. The third-order valence-electron chi connectivity index (χ3n) is 5.65. The molecular formula is C21H26N4O3S3. The Morgan fingerprint density at radius 3 is 2.65 bits per heavy atom. The fourth-order valence-electron chi connectivity index (χ4n) is 3.75. The number of likely N-dealkylation sites (tertiary alicyclic amines) is 1. The molecule has 1 fully saturated rings. The molecule has 0 aromatic carbocycles. The molecule has 0 spiro atoms. The number of piperidine rings is 1. The highest BCUT2D eigenvalue weighted by molar-refractivity contribution is 7.89. The Hall–Kier alpha value is -2.01. The van der Waals surface area contributed by atoms with Gasteiger partial charge >= 0.3 is 0 Å². The molecule has 3 aromatic rings. The number of thiazole rings is 1. The Kier molecular flexibility index (Phi) is 6.34. The van der Waals surface area contributed by atoms with Gasteiger partial charge in [0.25, 0.3) is 5.91 Å². The summed E-state index contributed by atoms with van der Waals surface area (Å²) in [5.74, 6) is 0.0253. The maximum atomic E-state index is 13.0. The van der Waals surface area contributed by atoms with Crippen molar-refractivity contribution in [2.45, 2.75) is 44.6 Å². The highest BCUT2D eigenvalue weighted by atomic mass is 32.2. The van der Waals surface area contributed by atoms with E-state index in [1.165, 1.54) is 22.7 Å². The summed E-state index contributed by atoms with van der Waals surface area (Å²) in [4.78, 5) is 21.3. The van der Waals surface area contributed by atoms with Crippen molar-refractivity contribution < 1.29 is 13.2 Å². The summed E-state index contributed by atoms with van der Waals surface area (Å²) in [6.45, 7) is 5.45. The van der Waals surface area contributed by atoms with Gasteiger partial charge in [-0.15, -0.1) is 22.7 Å². The predicted octanol–water partition coefficient (Wildman–Crippen LogP) is 3.93. The van der Waals surface area contributed by atoms with Gasteiger partial charge in [-0.2, -0.15) is 0 Å². The highest BCUT2D eigenvalue weighted by Gasteiger charge is 2.27. The summed E-state index contributed by atoms with van der Waals surface area (Å²) in [6, 6.07) is 5.45. The Labute approximate surface area is 190 Å². The molecule has 1 aliphatic rings. The SMILES string of the molecule is Cc1nc(-c2cc(S(=O)(=O)NCc3cccs3)c(C)n2C)sc1C(=O)N1CCCCC1. The van der Waals surface area contributed by atoms with Gasteiger partial charge in [0.05, 0.1) is 11.4 Å². The summed E-state index contributed by atoms with van der Waals surface area (Å²) < 4.78 is 30.4. The number of nitrogens with zero attached hydrogens (tertiary/aromatic N) is 3. The van der Waals surface area contributed by atoms with Crippen LogP contribution in [-0.2, 0) is 23.6 Å². The Bertz CT molecular complexity index is 1190. The number of hydrogen-bond acceptors (Lipinski definition) is 6. The second-order valence-corrected chi connectivity index (χ2v) is 11.5. The van der Waals surface area contributed by atoms with Crippen LogP contribution >= 0.6 is 22.7 Å². The predicted molar refractivity (Wildman–Crippen MR) is 124 cm³/mol. The molecule has 4 rings (SSSR count). The molecule has 10 heteroatoms. The number of carbonyl (C=O) groups excluding carboxylic acids is 1. The summed E-state index contributed by atoms with van der Waals surface area (Å²) in [7, 11) is -1.85. The molecule has 3 aromatic heterocycles. The van der Waals surface area contributed by atoms with Crippen molar-refractivity contribution in [2.24, 2.45) is 7.05 Å². The van der Waals surface area contributed by atoms with Crippen LogP contribution in [0.15, 0.2) is 28.5 Å². The molecule has 0 aliphatic carbocycles. The van der Waals surface area contributed by atoms with E-state index in [4.69, 9.17) is 0 Å². The number of aryl methyl sites for hydroxylation is 1. The average molecular weight is 479 g/mol. The van der Waals surface area contributed by atoms with Gasteiger partial charge < -0.3 is 9.47 Å². The van der Waals surface area contributed by atoms with E-state index in [1.54, 1.807) is 13.0 Å². The van der Waals surface area contributed by atoms with Crippen LogP contribution in [0.25, 0.3) is 10.7 Å². The fourth-order valence-corrected chi connectivity index (χ4v) is 6.87. The van der Waals surface area contributed by atoms with Gasteiger partial charge in [-0.1, -0.05) is 6.07 Å². The van der Waals surface area contributed by atoms with Gasteiger partial charge in [0.2, 0.25) is 10.0 Å². The number of nitrogens with one attached hydrogen (secondary N) is 1. The van der Waals surface area contributed by atoms with Crippen LogP contribution < -0.4 is 4.72 Å². The first-order valence-electron chi connectivity index (χ1n) is 10.2. The minimum absolute atomic E-state index is 0.0253. The number of sulfonamides is 1. The zero-order valence-electron chi connectivity index (χ0n) is 17.8. The van der Waals surface area contributed by atoms with Crippen LogP contribution in [0.5, 0.6) is 0 Å². The van der Waals surface area contributed by atoms with Crippen LogP contribution in [0.2, 0.25) is 0 Å². The van der Waals surface area contributed by atoms with Crippen LogP contribution in [0.3, 0.4) is 0 Å². The van der Waals surface area contributed by atoms with E-state index < -0.39 is 10.0 Å². The van der Waals surface area contributed by atoms with E-state index in [0.29, 0.717) is 27.0 Å². The van der Waals surface area contributed by atoms with Gasteiger partial charge in [0.1, 0.15) is 14.8 Å². The Morgan fingerprint density at radius 1 is 1.23 bits per heavy atom. The maximum absolute atomic E-state index is 13.0. The lowest BCUT2D eigenvalue weighted by molar-refractivity contribution is 0.0728. The quantitative estimate of drug-likeness (QED) is 0.582. The van der Waals surface area contributed by atoms with Gasteiger partial charge in [0.15, 0.2) is 0 Å². The van der Waals surface area contributed by atoms with E-state index >= 15 is 0 Å². The molecule has 7 nitrogen and oxygen atoms in total. The smallest absolute Gasteiger partial charge is 0.265 e. The summed E-state index contributed by atoms with van der Waals surface area (Å²) >= 11 is 2.85. The van der Waals surface area contributed by atoms with E-state index in [2.05, 4.69) is 9.71 Å². The first-order valence-corrected chi connectivity index (χ1v) is 13.4. The normalized spacial score (nSPS) is 14.9. The maximum Gasteiger partial charge on any atom is 0.265 e. The van der Waals surface area contributed by atoms with Gasteiger partial charge in [0, 0.05) is 37.3 Å². The molecule has 0 unspecified atom stereocenters. The second kappa shape index (κ2) is 8.85. The standard InChI is InChI=1S/C21H26N4O3S3/c1-14-19(21(26)25-9-5-4-6-10-25)30-20(23-14)17-12-18(15(2)24(17)3)31(27,28)22-13-16-8-7-11-29-16/h7-8,11-12,22H,4-6,9-10,13H2,1-3H3. The minimum atomic E-state index is -3.68. The molecule has 31 heavy (non-hydrogen) atoms. The summed E-state index contributed by atoms with van der Waals surface area (Å²) in [5.41, 5.74) is 2.01. The van der Waals surface area contributed by atoms with Gasteiger partial charge in [-0.3, -0.25) is 4.79 Å². The highest BCUT2D eigenvalue weighted by Crippen LogP contribution is 2.33. The number of thiophene rings is 1. The van der Waals surface area contributed by atoms with Crippen LogP contribution in [0.1, 0.15) is 45.2 Å². The monoisotopic (exact) mass is 478 g/mol. The Balaban J connectivity index is 1.61. The third kappa shape index (κ3) is 4.48. The summed E-state index contributed by atoms with van der Waals surface area (Å²) in [6.07, 6.45) is 3.23. The number of hydrogen-bond donors (Lipinski definition) is 1. The molecule has 166 valence electrons. The zero-order chi connectivity index (χ0) is 22.2. The van der Waals surface area contributed by atoms with Crippen LogP contribution in [-0.4, -0.2) is 41.9 Å². The molecule has 1 amide bonds.